The molecule has 2 atom stereocenters. The third-order valence-electron chi connectivity index (χ3n) is 2.85. The van der Waals surface area contributed by atoms with E-state index in [1.54, 1.807) is 0 Å². The third kappa shape index (κ3) is 3.78. The predicted octanol–water partition coefficient (Wildman–Crippen LogP) is 3.51. The molecular weight excluding hydrogens is 303 g/mol. The van der Waals surface area contributed by atoms with E-state index < -0.39 is 23.8 Å². The van der Waals surface area contributed by atoms with Crippen molar-refractivity contribution in [3.8, 4) is 0 Å². The topological polar surface area (TPSA) is 57.5 Å². The summed E-state index contributed by atoms with van der Waals surface area (Å²) < 4.78 is 13.3. The van der Waals surface area contributed by atoms with Gasteiger partial charge in [0.2, 0.25) is 0 Å². The van der Waals surface area contributed by atoms with Gasteiger partial charge in [0, 0.05) is 0 Å². The fourth-order valence-corrected chi connectivity index (χ4v) is 2.17. The fraction of sp³-hybridized carbons (Fsp3) is 0.462. The first-order valence-electron chi connectivity index (χ1n) is 5.83. The predicted molar refractivity (Wildman–Crippen MR) is 69.7 cm³/mol. The molecule has 0 spiro atoms. The van der Waals surface area contributed by atoms with Crippen LogP contribution in [-0.2, 0) is 4.79 Å². The summed E-state index contributed by atoms with van der Waals surface area (Å²) in [5.74, 6) is -2.33. The van der Waals surface area contributed by atoms with Crippen LogP contribution < -0.4 is 0 Å². The number of aliphatic hydroxyl groups excluding tert-OH is 1. The summed E-state index contributed by atoms with van der Waals surface area (Å²) in [4.78, 5) is 11.1. The van der Waals surface area contributed by atoms with Gasteiger partial charge in [0.15, 0.2) is 0 Å². The second kappa shape index (κ2) is 6.85. The van der Waals surface area contributed by atoms with Crippen molar-refractivity contribution in [3.05, 3.63) is 34.1 Å². The van der Waals surface area contributed by atoms with Gasteiger partial charge in [-0.3, -0.25) is 4.79 Å². The van der Waals surface area contributed by atoms with E-state index >= 15 is 0 Å². The highest BCUT2D eigenvalue weighted by Gasteiger charge is 2.27. The Bertz CT molecular complexity index is 423. The number of rotatable bonds is 6. The number of hydrogen-bond acceptors (Lipinski definition) is 2. The molecule has 0 saturated carbocycles. The highest BCUT2D eigenvalue weighted by molar-refractivity contribution is 9.10. The Balaban J connectivity index is 2.90. The van der Waals surface area contributed by atoms with Crippen LogP contribution in [0.2, 0.25) is 0 Å². The molecule has 1 aromatic carbocycles. The minimum absolute atomic E-state index is 0.221. The van der Waals surface area contributed by atoms with Crippen LogP contribution in [0.5, 0.6) is 0 Å². The molecule has 0 aliphatic carbocycles. The number of benzene rings is 1. The van der Waals surface area contributed by atoms with E-state index in [1.165, 1.54) is 18.2 Å². The van der Waals surface area contributed by atoms with Crippen LogP contribution in [0, 0.1) is 11.7 Å². The van der Waals surface area contributed by atoms with Gasteiger partial charge in [-0.15, -0.1) is 0 Å². The zero-order chi connectivity index (χ0) is 13.7. The van der Waals surface area contributed by atoms with E-state index in [-0.39, 0.29) is 4.47 Å². The van der Waals surface area contributed by atoms with Crippen LogP contribution in [0.1, 0.15) is 37.9 Å². The molecule has 0 heterocycles. The number of carboxylic acids is 1. The van der Waals surface area contributed by atoms with Gasteiger partial charge < -0.3 is 10.2 Å². The lowest BCUT2D eigenvalue weighted by atomic mass is 9.91. The maximum atomic E-state index is 13.1. The molecule has 0 bridgehead atoms. The number of unbranched alkanes of at least 4 members (excludes halogenated alkanes) is 1. The minimum atomic E-state index is -1.12. The maximum absolute atomic E-state index is 13.1. The monoisotopic (exact) mass is 318 g/mol. The van der Waals surface area contributed by atoms with Gasteiger partial charge in [-0.05, 0) is 40.0 Å². The molecule has 0 aliphatic rings. The first-order chi connectivity index (χ1) is 8.47. The quantitative estimate of drug-likeness (QED) is 0.843. The van der Waals surface area contributed by atoms with E-state index in [0.29, 0.717) is 12.0 Å². The molecule has 18 heavy (non-hydrogen) atoms. The standard InChI is InChI=1S/C13H16BrFO3/c1-2-3-4-9(13(17)18)12(16)8-5-6-11(15)10(14)7-8/h5-7,9,12,16H,2-4H2,1H3,(H,17,18). The minimum Gasteiger partial charge on any atom is -0.481 e. The number of aliphatic carboxylic acids is 1. The van der Waals surface area contributed by atoms with Crippen molar-refractivity contribution >= 4 is 21.9 Å². The summed E-state index contributed by atoms with van der Waals surface area (Å²) in [6.07, 6.45) is 0.882. The van der Waals surface area contributed by atoms with Gasteiger partial charge in [-0.1, -0.05) is 25.8 Å². The summed E-state index contributed by atoms with van der Waals surface area (Å²) in [5.41, 5.74) is 0.409. The molecule has 0 radical (unpaired) electrons. The average Bonchev–Trinajstić information content (AvgIpc) is 2.32. The van der Waals surface area contributed by atoms with E-state index in [9.17, 15) is 14.3 Å². The van der Waals surface area contributed by atoms with Crippen LogP contribution in [-0.4, -0.2) is 16.2 Å². The zero-order valence-electron chi connectivity index (χ0n) is 10.1. The zero-order valence-corrected chi connectivity index (χ0v) is 11.7. The Labute approximate surface area is 114 Å². The molecular formula is C13H16BrFO3. The van der Waals surface area contributed by atoms with Gasteiger partial charge in [-0.25, -0.2) is 4.39 Å². The van der Waals surface area contributed by atoms with E-state index in [0.717, 1.165) is 12.8 Å². The van der Waals surface area contributed by atoms with Crippen molar-refractivity contribution in [2.45, 2.75) is 32.3 Å². The van der Waals surface area contributed by atoms with E-state index in [1.807, 2.05) is 6.92 Å². The number of hydrogen-bond donors (Lipinski definition) is 2. The maximum Gasteiger partial charge on any atom is 0.309 e. The van der Waals surface area contributed by atoms with Crippen molar-refractivity contribution in [1.29, 1.82) is 0 Å². The Kier molecular flexibility index (Phi) is 5.75. The molecule has 1 aromatic rings. The van der Waals surface area contributed by atoms with Crippen molar-refractivity contribution in [2.24, 2.45) is 5.92 Å². The Morgan fingerprint density at radius 2 is 2.17 bits per heavy atom. The summed E-state index contributed by atoms with van der Waals surface area (Å²) >= 11 is 3.02. The van der Waals surface area contributed by atoms with Crippen LogP contribution in [0.3, 0.4) is 0 Å². The third-order valence-corrected chi connectivity index (χ3v) is 3.46. The Morgan fingerprint density at radius 1 is 1.50 bits per heavy atom. The molecule has 3 nitrogen and oxygen atoms in total. The highest BCUT2D eigenvalue weighted by atomic mass is 79.9. The molecule has 0 aliphatic heterocycles. The van der Waals surface area contributed by atoms with Crippen LogP contribution >= 0.6 is 15.9 Å². The average molecular weight is 319 g/mol. The number of carbonyl (C=O) groups is 1. The van der Waals surface area contributed by atoms with Gasteiger partial charge in [0.25, 0.3) is 0 Å². The fourth-order valence-electron chi connectivity index (χ4n) is 1.77. The lowest BCUT2D eigenvalue weighted by Gasteiger charge is -2.19. The van der Waals surface area contributed by atoms with Crippen molar-refractivity contribution in [3.63, 3.8) is 0 Å². The molecule has 0 saturated heterocycles. The van der Waals surface area contributed by atoms with Crippen molar-refractivity contribution in [2.75, 3.05) is 0 Å². The largest absolute Gasteiger partial charge is 0.481 e. The van der Waals surface area contributed by atoms with Crippen LogP contribution in [0.4, 0.5) is 4.39 Å². The molecule has 2 N–H and O–H groups in total. The van der Waals surface area contributed by atoms with Crippen molar-refractivity contribution < 1.29 is 19.4 Å². The highest BCUT2D eigenvalue weighted by Crippen LogP contribution is 2.29. The summed E-state index contributed by atoms with van der Waals surface area (Å²) in [7, 11) is 0. The first-order valence-corrected chi connectivity index (χ1v) is 6.62. The molecule has 2 unspecified atom stereocenters. The molecule has 1 rings (SSSR count). The molecule has 0 aromatic heterocycles. The van der Waals surface area contributed by atoms with Gasteiger partial charge in [0.05, 0.1) is 16.5 Å². The molecule has 5 heteroatoms. The summed E-state index contributed by atoms with van der Waals surface area (Å²) in [6, 6.07) is 4.04. The normalized spacial score (nSPS) is 14.2. The first kappa shape index (κ1) is 15.1. The van der Waals surface area contributed by atoms with Gasteiger partial charge >= 0.3 is 5.97 Å². The van der Waals surface area contributed by atoms with E-state index in [4.69, 9.17) is 5.11 Å². The lowest BCUT2D eigenvalue weighted by Crippen LogP contribution is -2.22. The lowest BCUT2D eigenvalue weighted by molar-refractivity contribution is -0.146. The Morgan fingerprint density at radius 3 is 2.67 bits per heavy atom. The van der Waals surface area contributed by atoms with Gasteiger partial charge in [-0.2, -0.15) is 0 Å². The van der Waals surface area contributed by atoms with Crippen molar-refractivity contribution in [1.82, 2.24) is 0 Å². The SMILES string of the molecule is CCCCC(C(=O)O)C(O)c1ccc(F)c(Br)c1. The molecule has 0 amide bonds. The van der Waals surface area contributed by atoms with Crippen LogP contribution in [0.15, 0.2) is 22.7 Å². The second-order valence-electron chi connectivity index (χ2n) is 4.21. The number of aliphatic hydroxyl groups is 1. The van der Waals surface area contributed by atoms with E-state index in [2.05, 4.69) is 15.9 Å². The molecule has 0 fully saturated rings. The Hall–Kier alpha value is -0.940. The second-order valence-corrected chi connectivity index (χ2v) is 5.06. The smallest absolute Gasteiger partial charge is 0.309 e. The summed E-state index contributed by atoms with van der Waals surface area (Å²) in [5, 5.41) is 19.2. The molecule has 100 valence electrons. The van der Waals surface area contributed by atoms with Crippen LogP contribution in [0.25, 0.3) is 0 Å². The van der Waals surface area contributed by atoms with Gasteiger partial charge in [0.1, 0.15) is 5.82 Å². The number of carboxylic acid groups (broad SMARTS) is 1. The summed E-state index contributed by atoms with van der Waals surface area (Å²) in [6.45, 7) is 1.96. The number of halogens is 2.